The number of halogens is 3. The largest absolute Gasteiger partial charge is 0.481 e. The average molecular weight is 486 g/mol. The number of amides is 1. The second kappa shape index (κ2) is 9.89. The van der Waals surface area contributed by atoms with Gasteiger partial charge in [0.15, 0.2) is 5.65 Å². The molecular weight excluding hydrogens is 459 g/mol. The maximum absolute atomic E-state index is 14.7. The number of hydrogen-bond acceptors (Lipinski definition) is 6. The highest BCUT2D eigenvalue weighted by Crippen LogP contribution is 2.35. The van der Waals surface area contributed by atoms with E-state index >= 15 is 0 Å². The number of nitrogens with zero attached hydrogens (tertiary/aromatic N) is 4. The highest BCUT2D eigenvalue weighted by atomic mass is 19.3. The van der Waals surface area contributed by atoms with Crippen LogP contribution in [0.4, 0.5) is 19.0 Å². The van der Waals surface area contributed by atoms with E-state index < -0.39 is 23.8 Å². The number of aryl methyl sites for hydroxylation is 1. The molecule has 10 heteroatoms. The van der Waals surface area contributed by atoms with Crippen molar-refractivity contribution in [2.45, 2.75) is 39.7 Å². The fraction of sp³-hybridized carbons (Fsp3) is 0.360. The lowest BCUT2D eigenvalue weighted by Gasteiger charge is -2.26. The Kier molecular flexibility index (Phi) is 6.90. The Morgan fingerprint density at radius 1 is 1.20 bits per heavy atom. The van der Waals surface area contributed by atoms with E-state index in [0.717, 1.165) is 17.2 Å². The van der Waals surface area contributed by atoms with Gasteiger partial charge in [0, 0.05) is 31.1 Å². The number of aromatic nitrogens is 3. The number of rotatable bonds is 6. The van der Waals surface area contributed by atoms with Crippen LogP contribution < -0.4 is 10.1 Å². The molecule has 0 fully saturated rings. The summed E-state index contributed by atoms with van der Waals surface area (Å²) in [7, 11) is 1.52. The van der Waals surface area contributed by atoms with Crippen LogP contribution in [0.25, 0.3) is 16.6 Å². The fourth-order valence-corrected chi connectivity index (χ4v) is 4.20. The molecule has 0 radical (unpaired) electrons. The van der Waals surface area contributed by atoms with Crippen LogP contribution in [0.5, 0.6) is 5.88 Å². The number of carbonyl (C=O) groups is 1. The Morgan fingerprint density at radius 2 is 1.94 bits per heavy atom. The van der Waals surface area contributed by atoms with Gasteiger partial charge in [0.05, 0.1) is 24.1 Å². The second-order valence-corrected chi connectivity index (χ2v) is 8.40. The normalized spacial score (nSPS) is 14.7. The summed E-state index contributed by atoms with van der Waals surface area (Å²) in [5.41, 5.74) is 1.57. The average Bonchev–Trinajstić information content (AvgIpc) is 2.83. The quantitative estimate of drug-likeness (QED) is 0.515. The van der Waals surface area contributed by atoms with E-state index in [1.54, 1.807) is 18.7 Å². The Bertz CT molecular complexity index is 1310. The van der Waals surface area contributed by atoms with Crippen LogP contribution in [0.1, 0.15) is 55.3 Å². The lowest BCUT2D eigenvalue weighted by Crippen LogP contribution is -2.32. The SMILES string of the molecule is COc1nc2nc(C)nc(NC(C)c3cccc(C(F)F)c3F)c2cc1C1=CCN(C(C)=O)CC1. The van der Waals surface area contributed by atoms with Crippen LogP contribution in [-0.4, -0.2) is 46.0 Å². The molecule has 1 aliphatic rings. The zero-order valence-corrected chi connectivity index (χ0v) is 19.9. The minimum Gasteiger partial charge on any atom is -0.481 e. The molecule has 4 rings (SSSR count). The summed E-state index contributed by atoms with van der Waals surface area (Å²) in [5.74, 6) is 0.301. The molecule has 0 bridgehead atoms. The molecule has 3 heterocycles. The van der Waals surface area contributed by atoms with Gasteiger partial charge in [-0.15, -0.1) is 0 Å². The fourth-order valence-electron chi connectivity index (χ4n) is 4.20. The molecular formula is C25H26F3N5O2. The number of anilines is 1. The molecule has 7 nitrogen and oxygen atoms in total. The third kappa shape index (κ3) is 4.91. The third-order valence-corrected chi connectivity index (χ3v) is 6.07. The van der Waals surface area contributed by atoms with Crippen molar-refractivity contribution in [2.75, 3.05) is 25.5 Å². The maximum atomic E-state index is 14.7. The Morgan fingerprint density at radius 3 is 2.57 bits per heavy atom. The first-order chi connectivity index (χ1) is 16.7. The zero-order chi connectivity index (χ0) is 25.3. The zero-order valence-electron chi connectivity index (χ0n) is 19.9. The number of benzene rings is 1. The molecule has 2 aromatic heterocycles. The van der Waals surface area contributed by atoms with Crippen molar-refractivity contribution in [3.8, 4) is 5.88 Å². The molecule has 0 spiro atoms. The van der Waals surface area contributed by atoms with E-state index in [1.807, 2.05) is 12.1 Å². The molecule has 1 unspecified atom stereocenters. The van der Waals surface area contributed by atoms with Gasteiger partial charge in [0.1, 0.15) is 17.5 Å². The van der Waals surface area contributed by atoms with Crippen molar-refractivity contribution in [3.05, 3.63) is 58.7 Å². The summed E-state index contributed by atoms with van der Waals surface area (Å²) in [6, 6.07) is 5.15. The molecule has 1 aliphatic heterocycles. The lowest BCUT2D eigenvalue weighted by molar-refractivity contribution is -0.128. The van der Waals surface area contributed by atoms with Crippen LogP contribution in [0.3, 0.4) is 0 Å². The van der Waals surface area contributed by atoms with Gasteiger partial charge >= 0.3 is 0 Å². The molecule has 0 saturated carbocycles. The number of fused-ring (bicyclic) bond motifs is 1. The van der Waals surface area contributed by atoms with Crippen molar-refractivity contribution >= 4 is 28.3 Å². The molecule has 0 saturated heterocycles. The number of ether oxygens (including phenoxy) is 1. The molecule has 3 aromatic rings. The van der Waals surface area contributed by atoms with Gasteiger partial charge < -0.3 is 15.0 Å². The van der Waals surface area contributed by atoms with Crippen LogP contribution in [0, 0.1) is 12.7 Å². The van der Waals surface area contributed by atoms with Gasteiger partial charge in [-0.1, -0.05) is 24.3 Å². The first-order valence-corrected chi connectivity index (χ1v) is 11.2. The maximum Gasteiger partial charge on any atom is 0.266 e. The summed E-state index contributed by atoms with van der Waals surface area (Å²) >= 11 is 0. The van der Waals surface area contributed by atoms with Crippen molar-refractivity contribution in [1.82, 2.24) is 19.9 Å². The Balaban J connectivity index is 1.76. The van der Waals surface area contributed by atoms with Crippen LogP contribution in [0.2, 0.25) is 0 Å². The van der Waals surface area contributed by atoms with Crippen LogP contribution in [0.15, 0.2) is 30.3 Å². The van der Waals surface area contributed by atoms with Gasteiger partial charge in [0.2, 0.25) is 11.8 Å². The predicted molar refractivity (Wildman–Crippen MR) is 127 cm³/mol. The second-order valence-electron chi connectivity index (χ2n) is 8.40. The van der Waals surface area contributed by atoms with E-state index in [-0.39, 0.29) is 11.5 Å². The van der Waals surface area contributed by atoms with Gasteiger partial charge in [-0.3, -0.25) is 4.79 Å². The number of hydrogen-bond donors (Lipinski definition) is 1. The van der Waals surface area contributed by atoms with Gasteiger partial charge in [-0.05, 0) is 31.9 Å². The summed E-state index contributed by atoms with van der Waals surface area (Å²) in [4.78, 5) is 26.9. The lowest BCUT2D eigenvalue weighted by atomic mass is 9.99. The predicted octanol–water partition coefficient (Wildman–Crippen LogP) is 5.23. The Hall–Kier alpha value is -3.69. The minimum absolute atomic E-state index is 0.0105. The first kappa shape index (κ1) is 24.4. The highest BCUT2D eigenvalue weighted by molar-refractivity contribution is 5.91. The van der Waals surface area contributed by atoms with Crippen molar-refractivity contribution in [1.29, 1.82) is 0 Å². The smallest absolute Gasteiger partial charge is 0.266 e. The van der Waals surface area contributed by atoms with Gasteiger partial charge in [-0.25, -0.2) is 23.1 Å². The van der Waals surface area contributed by atoms with Crippen LogP contribution >= 0.6 is 0 Å². The Labute approximate surface area is 201 Å². The number of carbonyl (C=O) groups excluding carboxylic acids is 1. The monoisotopic (exact) mass is 485 g/mol. The highest BCUT2D eigenvalue weighted by Gasteiger charge is 2.23. The summed E-state index contributed by atoms with van der Waals surface area (Å²) in [6.07, 6.45) is -0.321. The van der Waals surface area contributed by atoms with E-state index in [0.29, 0.717) is 48.1 Å². The summed E-state index contributed by atoms with van der Waals surface area (Å²) in [6.45, 7) is 5.98. The molecule has 0 aliphatic carbocycles. The van der Waals surface area contributed by atoms with E-state index in [4.69, 9.17) is 4.74 Å². The van der Waals surface area contributed by atoms with E-state index in [2.05, 4.69) is 20.3 Å². The van der Waals surface area contributed by atoms with Crippen molar-refractivity contribution < 1.29 is 22.7 Å². The first-order valence-electron chi connectivity index (χ1n) is 11.2. The van der Waals surface area contributed by atoms with E-state index in [9.17, 15) is 18.0 Å². The molecule has 1 atom stereocenters. The van der Waals surface area contributed by atoms with Crippen molar-refractivity contribution in [3.63, 3.8) is 0 Å². The standard InChI is InChI=1S/C25H26F3N5O2/c1-13(17-6-5-7-18(21(17)26)22(27)28)29-23-20-12-19(16-8-10-33(11-9-16)15(3)34)25(35-4)32-24(20)31-14(2)30-23/h5-8,12-13,22H,9-11H2,1-4H3,(H,29,30,31,32). The topological polar surface area (TPSA) is 80.2 Å². The summed E-state index contributed by atoms with van der Waals surface area (Å²) < 4.78 is 46.7. The molecule has 1 aromatic carbocycles. The summed E-state index contributed by atoms with van der Waals surface area (Å²) in [5, 5.41) is 3.73. The number of pyridine rings is 1. The third-order valence-electron chi connectivity index (χ3n) is 6.07. The molecule has 184 valence electrons. The number of nitrogens with one attached hydrogen (secondary N) is 1. The minimum atomic E-state index is -2.91. The molecule has 35 heavy (non-hydrogen) atoms. The van der Waals surface area contributed by atoms with Crippen molar-refractivity contribution in [2.24, 2.45) is 0 Å². The van der Waals surface area contributed by atoms with Gasteiger partial charge in [-0.2, -0.15) is 4.98 Å². The van der Waals surface area contributed by atoms with E-state index in [1.165, 1.54) is 26.2 Å². The molecule has 1 amide bonds. The van der Waals surface area contributed by atoms with Gasteiger partial charge in [0.25, 0.3) is 6.43 Å². The number of alkyl halides is 2. The van der Waals surface area contributed by atoms with Crippen LogP contribution in [-0.2, 0) is 4.79 Å². The number of methoxy groups -OCH3 is 1. The molecule has 1 N–H and O–H groups in total.